The highest BCUT2D eigenvalue weighted by Gasteiger charge is 2.00. The Balaban J connectivity index is 0.000000631. The summed E-state index contributed by atoms with van der Waals surface area (Å²) >= 11 is 0. The lowest BCUT2D eigenvalue weighted by molar-refractivity contribution is 0.328. The van der Waals surface area contributed by atoms with Crippen LogP contribution in [0.15, 0.2) is 68.3 Å². The molecule has 18 heavy (non-hydrogen) atoms. The molecule has 0 aliphatic heterocycles. The summed E-state index contributed by atoms with van der Waals surface area (Å²) in [5, 5.41) is 0. The summed E-state index contributed by atoms with van der Waals surface area (Å²) in [6.45, 7) is 14.2. The minimum absolute atomic E-state index is 0.583. The molecule has 2 heteroatoms. The van der Waals surface area contributed by atoms with E-state index in [9.17, 15) is 0 Å². The van der Waals surface area contributed by atoms with E-state index in [2.05, 4.69) is 48.9 Å². The van der Waals surface area contributed by atoms with E-state index in [0.29, 0.717) is 6.54 Å². The molecule has 0 aromatic heterocycles. The van der Waals surface area contributed by atoms with Crippen LogP contribution >= 0.6 is 0 Å². The Morgan fingerprint density at radius 3 is 1.83 bits per heavy atom. The lowest BCUT2D eigenvalue weighted by Crippen LogP contribution is -2.23. The quantitative estimate of drug-likeness (QED) is 0.747. The van der Waals surface area contributed by atoms with Gasteiger partial charge in [0.2, 0.25) is 0 Å². The molecular weight excluding hydrogens is 220 g/mol. The van der Waals surface area contributed by atoms with Crippen molar-refractivity contribution < 1.29 is 0 Å². The average Bonchev–Trinajstić information content (AvgIpc) is 2.41. The van der Waals surface area contributed by atoms with Gasteiger partial charge in [-0.3, -0.25) is 4.90 Å². The summed E-state index contributed by atoms with van der Waals surface area (Å²) < 4.78 is 0. The molecule has 0 saturated heterocycles. The van der Waals surface area contributed by atoms with Crippen molar-refractivity contribution in [3.05, 3.63) is 73.9 Å². The summed E-state index contributed by atoms with van der Waals surface area (Å²) in [5.41, 5.74) is 6.24. The SMILES string of the molecule is C=CCN.C=CCN(CC=C)Cc1ccccc1. The number of hydrogen-bond donors (Lipinski definition) is 1. The second-order valence-corrected chi connectivity index (χ2v) is 3.78. The largest absolute Gasteiger partial charge is 0.327 e. The summed E-state index contributed by atoms with van der Waals surface area (Å²) in [4.78, 5) is 2.29. The Morgan fingerprint density at radius 1 is 0.944 bits per heavy atom. The second-order valence-electron chi connectivity index (χ2n) is 3.78. The number of rotatable bonds is 7. The fourth-order valence-electron chi connectivity index (χ4n) is 1.41. The zero-order valence-corrected chi connectivity index (χ0v) is 11.1. The van der Waals surface area contributed by atoms with E-state index in [0.717, 1.165) is 19.6 Å². The molecule has 0 spiro atoms. The molecule has 0 unspecified atom stereocenters. The summed E-state index contributed by atoms with van der Waals surface area (Å²) in [5.74, 6) is 0. The zero-order valence-electron chi connectivity index (χ0n) is 11.1. The van der Waals surface area contributed by atoms with Crippen molar-refractivity contribution in [3.8, 4) is 0 Å². The van der Waals surface area contributed by atoms with Gasteiger partial charge in [0.25, 0.3) is 0 Å². The third-order valence-electron chi connectivity index (χ3n) is 2.19. The molecule has 0 aliphatic carbocycles. The van der Waals surface area contributed by atoms with Gasteiger partial charge in [-0.1, -0.05) is 48.6 Å². The standard InChI is InChI=1S/C13H17N.C3H7N/c1-3-10-14(11-4-2)12-13-8-6-5-7-9-13;1-2-3-4/h3-9H,1-2,10-12H2;2H,1,3-4H2. The number of benzene rings is 1. The summed E-state index contributed by atoms with van der Waals surface area (Å²) in [7, 11) is 0. The van der Waals surface area contributed by atoms with E-state index in [1.165, 1.54) is 5.56 Å². The van der Waals surface area contributed by atoms with Crippen molar-refractivity contribution >= 4 is 0 Å². The first kappa shape index (κ1) is 16.4. The van der Waals surface area contributed by atoms with E-state index in [1.807, 2.05) is 18.2 Å². The van der Waals surface area contributed by atoms with E-state index in [4.69, 9.17) is 5.73 Å². The topological polar surface area (TPSA) is 29.3 Å². The molecule has 2 N–H and O–H groups in total. The van der Waals surface area contributed by atoms with Crippen molar-refractivity contribution in [2.24, 2.45) is 5.73 Å². The van der Waals surface area contributed by atoms with Crippen molar-refractivity contribution in [2.75, 3.05) is 19.6 Å². The molecule has 0 bridgehead atoms. The van der Waals surface area contributed by atoms with Crippen LogP contribution < -0.4 is 5.73 Å². The third kappa shape index (κ3) is 8.50. The Bertz CT molecular complexity index is 320. The predicted molar refractivity (Wildman–Crippen MR) is 81.4 cm³/mol. The van der Waals surface area contributed by atoms with Crippen LogP contribution in [-0.2, 0) is 6.54 Å². The summed E-state index contributed by atoms with van der Waals surface area (Å²) in [6.07, 6.45) is 5.50. The molecule has 0 saturated carbocycles. The zero-order chi connectivity index (χ0) is 13.6. The first-order chi connectivity index (χ1) is 8.78. The van der Waals surface area contributed by atoms with Crippen LogP contribution in [0.4, 0.5) is 0 Å². The van der Waals surface area contributed by atoms with Crippen molar-refractivity contribution in [1.29, 1.82) is 0 Å². The van der Waals surface area contributed by atoms with Gasteiger partial charge in [0.1, 0.15) is 0 Å². The highest BCUT2D eigenvalue weighted by Crippen LogP contribution is 2.03. The molecule has 1 aromatic carbocycles. The monoisotopic (exact) mass is 244 g/mol. The highest BCUT2D eigenvalue weighted by molar-refractivity contribution is 5.14. The molecule has 0 amide bonds. The maximum atomic E-state index is 4.91. The number of hydrogen-bond acceptors (Lipinski definition) is 2. The minimum Gasteiger partial charge on any atom is -0.327 e. The molecular formula is C16H24N2. The fraction of sp³-hybridized carbons (Fsp3) is 0.250. The molecule has 0 atom stereocenters. The molecule has 0 aliphatic rings. The van der Waals surface area contributed by atoms with Crippen molar-refractivity contribution in [1.82, 2.24) is 4.90 Å². The van der Waals surface area contributed by atoms with Crippen LogP contribution in [-0.4, -0.2) is 24.5 Å². The molecule has 0 fully saturated rings. The predicted octanol–water partition coefficient (Wildman–Crippen LogP) is 2.99. The van der Waals surface area contributed by atoms with E-state index in [1.54, 1.807) is 6.08 Å². The van der Waals surface area contributed by atoms with Crippen LogP contribution in [0.25, 0.3) is 0 Å². The van der Waals surface area contributed by atoms with E-state index >= 15 is 0 Å². The highest BCUT2D eigenvalue weighted by atomic mass is 15.1. The maximum Gasteiger partial charge on any atom is 0.0240 e. The van der Waals surface area contributed by atoms with Gasteiger partial charge in [0, 0.05) is 26.2 Å². The van der Waals surface area contributed by atoms with Crippen LogP contribution in [0.5, 0.6) is 0 Å². The van der Waals surface area contributed by atoms with Crippen LogP contribution in [0.2, 0.25) is 0 Å². The summed E-state index contributed by atoms with van der Waals surface area (Å²) in [6, 6.07) is 10.4. The van der Waals surface area contributed by atoms with Gasteiger partial charge in [-0.15, -0.1) is 19.7 Å². The number of nitrogens with two attached hydrogens (primary N) is 1. The van der Waals surface area contributed by atoms with E-state index in [-0.39, 0.29) is 0 Å². The smallest absolute Gasteiger partial charge is 0.0240 e. The molecule has 1 aromatic rings. The van der Waals surface area contributed by atoms with Gasteiger partial charge in [-0.05, 0) is 5.56 Å². The number of nitrogens with zero attached hydrogens (tertiary/aromatic N) is 1. The lowest BCUT2D eigenvalue weighted by Gasteiger charge is -2.18. The fourth-order valence-corrected chi connectivity index (χ4v) is 1.41. The third-order valence-corrected chi connectivity index (χ3v) is 2.19. The second kappa shape index (κ2) is 11.8. The Kier molecular flexibility index (Phi) is 10.8. The minimum atomic E-state index is 0.583. The van der Waals surface area contributed by atoms with Gasteiger partial charge in [0.15, 0.2) is 0 Å². The average molecular weight is 244 g/mol. The van der Waals surface area contributed by atoms with E-state index < -0.39 is 0 Å². The molecule has 0 heterocycles. The molecule has 1 rings (SSSR count). The van der Waals surface area contributed by atoms with Crippen molar-refractivity contribution in [3.63, 3.8) is 0 Å². The van der Waals surface area contributed by atoms with Gasteiger partial charge < -0.3 is 5.73 Å². The van der Waals surface area contributed by atoms with Crippen LogP contribution in [0.3, 0.4) is 0 Å². The van der Waals surface area contributed by atoms with Gasteiger partial charge in [0.05, 0.1) is 0 Å². The first-order valence-electron chi connectivity index (χ1n) is 6.07. The Morgan fingerprint density at radius 2 is 1.44 bits per heavy atom. The van der Waals surface area contributed by atoms with Gasteiger partial charge >= 0.3 is 0 Å². The van der Waals surface area contributed by atoms with Gasteiger partial charge in [-0.25, -0.2) is 0 Å². The normalized spacial score (nSPS) is 9.22. The van der Waals surface area contributed by atoms with Crippen LogP contribution in [0, 0.1) is 0 Å². The van der Waals surface area contributed by atoms with Crippen molar-refractivity contribution in [2.45, 2.75) is 6.54 Å². The Labute approximate surface area is 111 Å². The first-order valence-corrected chi connectivity index (χ1v) is 6.07. The van der Waals surface area contributed by atoms with Gasteiger partial charge in [-0.2, -0.15) is 0 Å². The Hall–Kier alpha value is -1.64. The lowest BCUT2D eigenvalue weighted by atomic mass is 10.2. The molecule has 98 valence electrons. The maximum absolute atomic E-state index is 4.91. The van der Waals surface area contributed by atoms with Crippen LogP contribution in [0.1, 0.15) is 5.56 Å². The molecule has 2 nitrogen and oxygen atoms in total. The molecule has 0 radical (unpaired) electrons.